The van der Waals surface area contributed by atoms with Crippen LogP contribution in [0, 0.1) is 0 Å². The van der Waals surface area contributed by atoms with Gasteiger partial charge in [-0.1, -0.05) is 18.5 Å². The fraction of sp³-hybridized carbons (Fsp3) is 0.417. The summed E-state index contributed by atoms with van der Waals surface area (Å²) in [6.07, 6.45) is 0. The zero-order valence-electron chi connectivity index (χ0n) is 9.63. The molecule has 0 saturated heterocycles. The van der Waals surface area contributed by atoms with Crippen LogP contribution in [0.25, 0.3) is 11.0 Å². The molecule has 1 aromatic heterocycles. The van der Waals surface area contributed by atoms with Crippen LogP contribution in [-0.4, -0.2) is 16.1 Å². The molecule has 1 aromatic carbocycles. The lowest BCUT2D eigenvalue weighted by atomic mass is 10.3. The molecule has 0 bridgehead atoms. The number of halogens is 1. The van der Waals surface area contributed by atoms with Crippen molar-refractivity contribution in [1.29, 1.82) is 0 Å². The summed E-state index contributed by atoms with van der Waals surface area (Å²) in [5, 5.41) is 4.06. The largest absolute Gasteiger partial charge is 0.327 e. The van der Waals surface area contributed by atoms with Crippen LogP contribution in [-0.2, 0) is 13.1 Å². The van der Waals surface area contributed by atoms with Crippen molar-refractivity contribution in [2.24, 2.45) is 0 Å². The Morgan fingerprint density at radius 2 is 2.19 bits per heavy atom. The van der Waals surface area contributed by atoms with E-state index in [1.165, 1.54) is 0 Å². The van der Waals surface area contributed by atoms with Crippen LogP contribution < -0.4 is 5.32 Å². The number of aromatic nitrogens is 2. The van der Waals surface area contributed by atoms with Gasteiger partial charge in [0.25, 0.3) is 0 Å². The standard InChI is InChI=1S/C12H16ClN3/c1-3-14-8-12-15-10-6-5-9(13)7-11(10)16(12)4-2/h5-7,14H,3-4,8H2,1-2H3. The molecule has 3 nitrogen and oxygen atoms in total. The second-order valence-electron chi connectivity index (χ2n) is 3.69. The monoisotopic (exact) mass is 237 g/mol. The minimum absolute atomic E-state index is 0.761. The lowest BCUT2D eigenvalue weighted by Crippen LogP contribution is -2.16. The van der Waals surface area contributed by atoms with E-state index < -0.39 is 0 Å². The molecule has 0 radical (unpaired) electrons. The first kappa shape index (κ1) is 11.4. The molecule has 0 atom stereocenters. The molecule has 0 aliphatic heterocycles. The molecule has 1 N–H and O–H groups in total. The molecule has 0 spiro atoms. The average Bonchev–Trinajstić information content (AvgIpc) is 2.63. The van der Waals surface area contributed by atoms with Crippen molar-refractivity contribution in [3.8, 4) is 0 Å². The van der Waals surface area contributed by atoms with Gasteiger partial charge < -0.3 is 9.88 Å². The Labute approximate surface area is 100 Å². The van der Waals surface area contributed by atoms with E-state index in [1.807, 2.05) is 18.2 Å². The van der Waals surface area contributed by atoms with Crippen molar-refractivity contribution in [2.75, 3.05) is 6.54 Å². The first-order valence-corrected chi connectivity index (χ1v) is 5.99. The molecule has 16 heavy (non-hydrogen) atoms. The van der Waals surface area contributed by atoms with E-state index >= 15 is 0 Å². The van der Waals surface area contributed by atoms with Crippen molar-refractivity contribution in [3.63, 3.8) is 0 Å². The number of fused-ring (bicyclic) bond motifs is 1. The molecule has 4 heteroatoms. The average molecular weight is 238 g/mol. The minimum atomic E-state index is 0.761. The maximum absolute atomic E-state index is 6.00. The molecule has 0 aliphatic carbocycles. The first-order chi connectivity index (χ1) is 7.76. The van der Waals surface area contributed by atoms with Gasteiger partial charge in [-0.25, -0.2) is 4.98 Å². The third-order valence-electron chi connectivity index (χ3n) is 2.64. The van der Waals surface area contributed by atoms with E-state index in [9.17, 15) is 0 Å². The molecule has 0 amide bonds. The van der Waals surface area contributed by atoms with Gasteiger partial charge in [-0.2, -0.15) is 0 Å². The van der Waals surface area contributed by atoms with Crippen molar-refractivity contribution < 1.29 is 0 Å². The number of nitrogens with zero attached hydrogens (tertiary/aromatic N) is 2. The molecule has 86 valence electrons. The van der Waals surface area contributed by atoms with E-state index in [2.05, 4.69) is 28.7 Å². The number of aryl methyl sites for hydroxylation is 1. The van der Waals surface area contributed by atoms with Crippen LogP contribution in [0.2, 0.25) is 5.02 Å². The summed E-state index contributed by atoms with van der Waals surface area (Å²) in [5.41, 5.74) is 2.13. The van der Waals surface area contributed by atoms with Gasteiger partial charge in [0, 0.05) is 11.6 Å². The van der Waals surface area contributed by atoms with Gasteiger partial charge in [-0.3, -0.25) is 0 Å². The minimum Gasteiger partial charge on any atom is -0.327 e. The SMILES string of the molecule is CCNCc1nc2ccc(Cl)cc2n1CC. The fourth-order valence-corrected chi connectivity index (χ4v) is 2.04. The number of benzene rings is 1. The highest BCUT2D eigenvalue weighted by Gasteiger charge is 2.08. The predicted molar refractivity (Wildman–Crippen MR) is 67.8 cm³/mol. The third-order valence-corrected chi connectivity index (χ3v) is 2.87. The lowest BCUT2D eigenvalue weighted by molar-refractivity contribution is 0.638. The van der Waals surface area contributed by atoms with E-state index in [0.717, 1.165) is 41.5 Å². The number of imidazole rings is 1. The Kier molecular flexibility index (Phi) is 3.46. The van der Waals surface area contributed by atoms with Crippen LogP contribution in [0.15, 0.2) is 18.2 Å². The van der Waals surface area contributed by atoms with Crippen LogP contribution in [0.3, 0.4) is 0 Å². The summed E-state index contributed by atoms with van der Waals surface area (Å²) < 4.78 is 2.20. The van der Waals surface area contributed by atoms with Crippen LogP contribution in [0.4, 0.5) is 0 Å². The smallest absolute Gasteiger partial charge is 0.123 e. The van der Waals surface area contributed by atoms with Gasteiger partial charge in [-0.15, -0.1) is 0 Å². The Morgan fingerprint density at radius 3 is 2.88 bits per heavy atom. The zero-order chi connectivity index (χ0) is 11.5. The maximum atomic E-state index is 6.00. The summed E-state index contributed by atoms with van der Waals surface area (Å²) in [4.78, 5) is 4.60. The van der Waals surface area contributed by atoms with Gasteiger partial charge >= 0.3 is 0 Å². The number of nitrogens with one attached hydrogen (secondary N) is 1. The Morgan fingerprint density at radius 1 is 1.38 bits per heavy atom. The number of hydrogen-bond donors (Lipinski definition) is 1. The van der Waals surface area contributed by atoms with Crippen LogP contribution >= 0.6 is 11.6 Å². The summed E-state index contributed by atoms with van der Waals surface area (Å²) in [7, 11) is 0. The van der Waals surface area contributed by atoms with Crippen molar-refractivity contribution in [3.05, 3.63) is 29.0 Å². The molecule has 0 aliphatic rings. The second-order valence-corrected chi connectivity index (χ2v) is 4.12. The van der Waals surface area contributed by atoms with E-state index in [4.69, 9.17) is 11.6 Å². The highest BCUT2D eigenvalue weighted by molar-refractivity contribution is 6.31. The number of rotatable bonds is 4. The topological polar surface area (TPSA) is 29.9 Å². The lowest BCUT2D eigenvalue weighted by Gasteiger charge is -2.06. The summed E-state index contributed by atoms with van der Waals surface area (Å²) >= 11 is 6.00. The molecule has 1 heterocycles. The van der Waals surface area contributed by atoms with Gasteiger partial charge in [0.15, 0.2) is 0 Å². The molecular weight excluding hydrogens is 222 g/mol. The second kappa shape index (κ2) is 4.85. The quantitative estimate of drug-likeness (QED) is 0.886. The van der Waals surface area contributed by atoms with Gasteiger partial charge in [0.2, 0.25) is 0 Å². The van der Waals surface area contributed by atoms with Gasteiger partial charge in [0.05, 0.1) is 17.6 Å². The molecule has 0 saturated carbocycles. The van der Waals surface area contributed by atoms with Crippen molar-refractivity contribution in [2.45, 2.75) is 26.9 Å². The normalized spacial score (nSPS) is 11.2. The Bertz CT molecular complexity index is 490. The van der Waals surface area contributed by atoms with E-state index in [0.29, 0.717) is 0 Å². The summed E-state index contributed by atoms with van der Waals surface area (Å²) in [6, 6.07) is 5.83. The van der Waals surface area contributed by atoms with Crippen molar-refractivity contribution in [1.82, 2.24) is 14.9 Å². The molecule has 2 aromatic rings. The highest BCUT2D eigenvalue weighted by atomic mass is 35.5. The highest BCUT2D eigenvalue weighted by Crippen LogP contribution is 2.20. The van der Waals surface area contributed by atoms with Gasteiger partial charge in [-0.05, 0) is 31.7 Å². The fourth-order valence-electron chi connectivity index (χ4n) is 1.87. The maximum Gasteiger partial charge on any atom is 0.123 e. The van der Waals surface area contributed by atoms with Crippen LogP contribution in [0.5, 0.6) is 0 Å². The van der Waals surface area contributed by atoms with E-state index in [-0.39, 0.29) is 0 Å². The van der Waals surface area contributed by atoms with Crippen LogP contribution in [0.1, 0.15) is 19.7 Å². The summed E-state index contributed by atoms with van der Waals surface area (Å²) in [6.45, 7) is 6.88. The molecule has 2 rings (SSSR count). The zero-order valence-corrected chi connectivity index (χ0v) is 10.4. The Hall–Kier alpha value is -1.06. The molecule has 0 fully saturated rings. The van der Waals surface area contributed by atoms with E-state index in [1.54, 1.807) is 0 Å². The van der Waals surface area contributed by atoms with Gasteiger partial charge in [0.1, 0.15) is 5.82 Å². The Balaban J connectivity index is 2.49. The predicted octanol–water partition coefficient (Wildman–Crippen LogP) is 2.82. The first-order valence-electron chi connectivity index (χ1n) is 5.61. The summed E-state index contributed by atoms with van der Waals surface area (Å²) in [5.74, 6) is 1.07. The van der Waals surface area contributed by atoms with Crippen molar-refractivity contribution >= 4 is 22.6 Å². The molecular formula is C12H16ClN3. The third kappa shape index (κ3) is 2.06. The molecule has 0 unspecified atom stereocenters. The number of hydrogen-bond acceptors (Lipinski definition) is 2.